The molecule has 2 N–H and O–H groups in total. The van der Waals surface area contributed by atoms with Crippen LogP contribution in [-0.2, 0) is 6.54 Å². The quantitative estimate of drug-likeness (QED) is 0.926. The molecule has 0 atom stereocenters. The van der Waals surface area contributed by atoms with E-state index in [-0.39, 0.29) is 0 Å². The van der Waals surface area contributed by atoms with Gasteiger partial charge in [-0.2, -0.15) is 16.3 Å². The molecule has 1 saturated heterocycles. The SMILES string of the molecule is NCC1CCN(Cc2noc(-c3ccsc3)n2)CC1. The van der Waals surface area contributed by atoms with Crippen LogP contribution in [0, 0.1) is 5.92 Å². The monoisotopic (exact) mass is 278 g/mol. The third-order valence-corrected chi connectivity index (χ3v) is 4.32. The van der Waals surface area contributed by atoms with Crippen molar-refractivity contribution in [2.45, 2.75) is 19.4 Å². The maximum atomic E-state index is 5.70. The maximum absolute atomic E-state index is 5.70. The zero-order valence-electron chi connectivity index (χ0n) is 10.8. The van der Waals surface area contributed by atoms with Gasteiger partial charge < -0.3 is 10.3 Å². The molecule has 3 rings (SSSR count). The molecule has 19 heavy (non-hydrogen) atoms. The predicted octanol–water partition coefficient (Wildman–Crippen LogP) is 1.97. The lowest BCUT2D eigenvalue weighted by molar-refractivity contribution is 0.175. The summed E-state index contributed by atoms with van der Waals surface area (Å²) in [7, 11) is 0. The summed E-state index contributed by atoms with van der Waals surface area (Å²) in [6, 6.07) is 1.99. The second-order valence-electron chi connectivity index (χ2n) is 4.98. The topological polar surface area (TPSA) is 68.2 Å². The first-order valence-electron chi connectivity index (χ1n) is 6.62. The number of nitrogens with two attached hydrogens (primary N) is 1. The van der Waals surface area contributed by atoms with Gasteiger partial charge >= 0.3 is 0 Å². The van der Waals surface area contributed by atoms with Gasteiger partial charge in [0.25, 0.3) is 5.89 Å². The fourth-order valence-corrected chi connectivity index (χ4v) is 3.03. The average molecular weight is 278 g/mol. The number of thiophene rings is 1. The number of aromatic nitrogens is 2. The molecule has 0 saturated carbocycles. The minimum atomic E-state index is 0.619. The third-order valence-electron chi connectivity index (χ3n) is 3.64. The number of rotatable bonds is 4. The molecule has 1 aliphatic rings. The van der Waals surface area contributed by atoms with Crippen molar-refractivity contribution in [3.05, 3.63) is 22.7 Å². The van der Waals surface area contributed by atoms with E-state index in [4.69, 9.17) is 10.3 Å². The van der Waals surface area contributed by atoms with Gasteiger partial charge in [-0.15, -0.1) is 0 Å². The van der Waals surface area contributed by atoms with Gasteiger partial charge in [-0.05, 0) is 49.8 Å². The summed E-state index contributed by atoms with van der Waals surface area (Å²) in [4.78, 5) is 6.82. The van der Waals surface area contributed by atoms with Gasteiger partial charge in [0.2, 0.25) is 0 Å². The second kappa shape index (κ2) is 5.81. The molecule has 2 aromatic rings. The van der Waals surface area contributed by atoms with Crippen LogP contribution in [0.15, 0.2) is 21.3 Å². The van der Waals surface area contributed by atoms with Gasteiger partial charge in [0.1, 0.15) is 0 Å². The van der Waals surface area contributed by atoms with Gasteiger partial charge in [0, 0.05) is 5.38 Å². The van der Waals surface area contributed by atoms with E-state index in [0.717, 1.165) is 37.6 Å². The summed E-state index contributed by atoms with van der Waals surface area (Å²) in [6.07, 6.45) is 2.34. The highest BCUT2D eigenvalue weighted by atomic mass is 32.1. The fourth-order valence-electron chi connectivity index (χ4n) is 2.40. The Labute approximate surface area is 116 Å². The minimum Gasteiger partial charge on any atom is -0.334 e. The Morgan fingerprint density at radius 1 is 1.42 bits per heavy atom. The Bertz CT molecular complexity index is 502. The van der Waals surface area contributed by atoms with E-state index < -0.39 is 0 Å². The summed E-state index contributed by atoms with van der Waals surface area (Å²) in [5.41, 5.74) is 6.71. The Morgan fingerprint density at radius 3 is 2.95 bits per heavy atom. The lowest BCUT2D eigenvalue weighted by Gasteiger charge is -2.30. The van der Waals surface area contributed by atoms with Crippen LogP contribution in [0.4, 0.5) is 0 Å². The first-order chi connectivity index (χ1) is 9.35. The minimum absolute atomic E-state index is 0.619. The number of likely N-dealkylation sites (tertiary alicyclic amines) is 1. The molecular formula is C13H18N4OS. The number of hydrogen-bond acceptors (Lipinski definition) is 6. The molecule has 0 aliphatic carbocycles. The molecule has 5 nitrogen and oxygen atoms in total. The second-order valence-corrected chi connectivity index (χ2v) is 5.76. The Morgan fingerprint density at radius 2 is 2.26 bits per heavy atom. The molecule has 0 bridgehead atoms. The summed E-state index contributed by atoms with van der Waals surface area (Å²) < 4.78 is 5.29. The molecule has 0 radical (unpaired) electrons. The smallest absolute Gasteiger partial charge is 0.258 e. The highest BCUT2D eigenvalue weighted by molar-refractivity contribution is 7.08. The zero-order valence-corrected chi connectivity index (χ0v) is 11.6. The van der Waals surface area contributed by atoms with Crippen molar-refractivity contribution >= 4 is 11.3 Å². The normalized spacial score (nSPS) is 17.9. The summed E-state index contributed by atoms with van der Waals surface area (Å²) >= 11 is 1.63. The molecule has 0 amide bonds. The van der Waals surface area contributed by atoms with Crippen LogP contribution in [0.25, 0.3) is 11.5 Å². The predicted molar refractivity (Wildman–Crippen MR) is 74.7 cm³/mol. The summed E-state index contributed by atoms with van der Waals surface area (Å²) in [5.74, 6) is 2.07. The average Bonchev–Trinajstić information content (AvgIpc) is 3.10. The Hall–Kier alpha value is -1.24. The maximum Gasteiger partial charge on any atom is 0.258 e. The van der Waals surface area contributed by atoms with Gasteiger partial charge in [-0.1, -0.05) is 5.16 Å². The van der Waals surface area contributed by atoms with Crippen LogP contribution in [-0.4, -0.2) is 34.7 Å². The molecule has 1 aliphatic heterocycles. The van der Waals surface area contributed by atoms with Crippen molar-refractivity contribution < 1.29 is 4.52 Å². The molecular weight excluding hydrogens is 260 g/mol. The van der Waals surface area contributed by atoms with Crippen molar-refractivity contribution in [3.63, 3.8) is 0 Å². The van der Waals surface area contributed by atoms with Crippen LogP contribution in [0.5, 0.6) is 0 Å². The van der Waals surface area contributed by atoms with Crippen LogP contribution in [0.3, 0.4) is 0 Å². The van der Waals surface area contributed by atoms with Gasteiger partial charge in [-0.3, -0.25) is 4.90 Å². The van der Waals surface area contributed by atoms with E-state index in [1.54, 1.807) is 11.3 Å². The zero-order chi connectivity index (χ0) is 13.1. The lowest BCUT2D eigenvalue weighted by atomic mass is 9.97. The van der Waals surface area contributed by atoms with Crippen molar-refractivity contribution in [2.75, 3.05) is 19.6 Å². The first-order valence-corrected chi connectivity index (χ1v) is 7.57. The molecule has 3 heterocycles. The molecule has 2 aromatic heterocycles. The lowest BCUT2D eigenvalue weighted by Crippen LogP contribution is -2.35. The van der Waals surface area contributed by atoms with Crippen molar-refractivity contribution in [1.29, 1.82) is 0 Å². The van der Waals surface area contributed by atoms with Crippen molar-refractivity contribution in [3.8, 4) is 11.5 Å². The van der Waals surface area contributed by atoms with Crippen LogP contribution >= 0.6 is 11.3 Å². The van der Waals surface area contributed by atoms with E-state index in [1.165, 1.54) is 12.8 Å². The molecule has 0 spiro atoms. The Kier molecular flexibility index (Phi) is 3.91. The van der Waals surface area contributed by atoms with E-state index in [1.807, 2.05) is 16.8 Å². The third kappa shape index (κ3) is 3.02. The van der Waals surface area contributed by atoms with Gasteiger partial charge in [0.05, 0.1) is 12.1 Å². The highest BCUT2D eigenvalue weighted by Crippen LogP contribution is 2.21. The van der Waals surface area contributed by atoms with Crippen LogP contribution < -0.4 is 5.73 Å². The van der Waals surface area contributed by atoms with E-state index >= 15 is 0 Å². The Balaban J connectivity index is 1.59. The number of nitrogens with zero attached hydrogens (tertiary/aromatic N) is 3. The van der Waals surface area contributed by atoms with Gasteiger partial charge in [0.15, 0.2) is 5.82 Å². The number of hydrogen-bond donors (Lipinski definition) is 1. The van der Waals surface area contributed by atoms with E-state index in [9.17, 15) is 0 Å². The molecule has 6 heteroatoms. The molecule has 1 fully saturated rings. The van der Waals surface area contributed by atoms with Crippen LogP contribution in [0.2, 0.25) is 0 Å². The van der Waals surface area contributed by atoms with Gasteiger partial charge in [-0.25, -0.2) is 0 Å². The number of piperidine rings is 1. The van der Waals surface area contributed by atoms with Crippen LogP contribution in [0.1, 0.15) is 18.7 Å². The molecule has 0 unspecified atom stereocenters. The largest absolute Gasteiger partial charge is 0.334 e. The van der Waals surface area contributed by atoms with E-state index in [2.05, 4.69) is 15.0 Å². The summed E-state index contributed by atoms with van der Waals surface area (Å²) in [5, 5.41) is 8.09. The molecule has 0 aromatic carbocycles. The van der Waals surface area contributed by atoms with E-state index in [0.29, 0.717) is 11.8 Å². The first kappa shape index (κ1) is 12.8. The van der Waals surface area contributed by atoms with Crippen molar-refractivity contribution in [1.82, 2.24) is 15.0 Å². The standard InChI is InChI=1S/C13H18N4OS/c14-7-10-1-4-17(5-2-10)8-12-15-13(18-16-12)11-3-6-19-9-11/h3,6,9-10H,1-2,4-5,7-8,14H2. The van der Waals surface area contributed by atoms with Crippen molar-refractivity contribution in [2.24, 2.45) is 11.7 Å². The fraction of sp³-hybridized carbons (Fsp3) is 0.538. The molecule has 102 valence electrons. The summed E-state index contributed by atoms with van der Waals surface area (Å²) in [6.45, 7) is 3.72. The highest BCUT2D eigenvalue weighted by Gasteiger charge is 2.20.